The zero-order valence-electron chi connectivity index (χ0n) is 47.9. The quantitative estimate of drug-likeness (QED) is 0.122. The fraction of sp³-hybridized carbons (Fsp3) is 0. The molecule has 0 atom stereocenters. The van der Waals surface area contributed by atoms with Crippen LogP contribution in [0.1, 0.15) is 0 Å². The van der Waals surface area contributed by atoms with E-state index >= 15 is 0 Å². The van der Waals surface area contributed by atoms with Crippen LogP contribution in [0.3, 0.4) is 0 Å². The lowest BCUT2D eigenvalue weighted by Crippen LogP contribution is -1.99. The molecule has 0 amide bonds. The van der Waals surface area contributed by atoms with Gasteiger partial charge in [-0.1, -0.05) is 279 Å². The number of para-hydroxylation sites is 6. The summed E-state index contributed by atoms with van der Waals surface area (Å²) < 4.78 is 4.49. The van der Waals surface area contributed by atoms with Crippen molar-refractivity contribution < 1.29 is 0 Å². The first kappa shape index (κ1) is 51.8. The molecule has 0 aliphatic heterocycles. The normalized spacial score (nSPS) is 11.4. The molecule has 0 saturated carbocycles. The van der Waals surface area contributed by atoms with Gasteiger partial charge in [-0.05, 0) is 104 Å². The molecule has 0 unspecified atom stereocenters. The highest BCUT2D eigenvalue weighted by Crippen LogP contribution is 2.42. The number of imidazole rings is 2. The lowest BCUT2D eigenvalue weighted by atomic mass is 9.93. The van der Waals surface area contributed by atoms with Crippen LogP contribution in [-0.4, -0.2) is 29.1 Å². The van der Waals surface area contributed by atoms with Crippen LogP contribution in [0.15, 0.2) is 328 Å². The third kappa shape index (κ3) is 9.61. The maximum absolute atomic E-state index is 5.81. The first-order chi connectivity index (χ1) is 43.6. The van der Waals surface area contributed by atoms with Gasteiger partial charge >= 0.3 is 0 Å². The molecule has 13 aromatic carbocycles. The van der Waals surface area contributed by atoms with E-state index in [-0.39, 0.29) is 0 Å². The van der Waals surface area contributed by atoms with Crippen molar-refractivity contribution in [3.63, 3.8) is 0 Å². The van der Waals surface area contributed by atoms with Gasteiger partial charge in [0.15, 0.2) is 0 Å². The van der Waals surface area contributed by atoms with Crippen LogP contribution >= 0.6 is 0 Å². The maximum Gasteiger partial charge on any atom is 0.145 e. The number of aromatic nitrogens is 6. The fourth-order valence-corrected chi connectivity index (χ4v) is 12.3. The molecule has 412 valence electrons. The van der Waals surface area contributed by atoms with Crippen LogP contribution < -0.4 is 0 Å². The Morgan fingerprint density at radius 2 is 0.432 bits per heavy atom. The summed E-state index contributed by atoms with van der Waals surface area (Å²) in [6, 6.07) is 116. The molecule has 6 heteroatoms. The van der Waals surface area contributed by atoms with Gasteiger partial charge in [-0.25, -0.2) is 19.9 Å². The molecule has 0 bridgehead atoms. The highest BCUT2D eigenvalue weighted by Gasteiger charge is 2.22. The minimum Gasteiger partial charge on any atom is -0.292 e. The predicted molar refractivity (Wildman–Crippen MR) is 363 cm³/mol. The molecule has 0 radical (unpaired) electrons. The van der Waals surface area contributed by atoms with E-state index < -0.39 is 0 Å². The second kappa shape index (κ2) is 22.3. The Balaban J connectivity index is 0.810. The lowest BCUT2D eigenvalue weighted by molar-refractivity contribution is 1.10. The monoisotopic (exact) mass is 1120 g/mol. The average Bonchev–Trinajstić information content (AvgIpc) is 1.43. The van der Waals surface area contributed by atoms with Crippen molar-refractivity contribution in [1.29, 1.82) is 0 Å². The standard InChI is InChI=1S/C82H54N6/c1-5-17-55(18-6-1)57-29-41-63(42-30-57)71-53-54-72(64-43-31-58(32-44-64)56-19-7-2-8-20-56)80-79(71)85-77(65-45-33-59(34-46-65)61-37-49-67(50-38-61)81-83-73-25-13-15-27-75(73)87(81)69-21-9-3-10-22-69)78(86-80)66-47-35-60(36-48-66)62-39-51-68(52-40-62)82-84-74-26-14-16-28-76(74)88(82)70-23-11-4-12-24-70/h1-54H. The Morgan fingerprint density at radius 3 is 0.761 bits per heavy atom. The second-order valence-corrected chi connectivity index (χ2v) is 22.2. The lowest BCUT2D eigenvalue weighted by Gasteiger charge is -2.17. The summed E-state index contributed by atoms with van der Waals surface area (Å²) in [6.07, 6.45) is 0. The van der Waals surface area contributed by atoms with Crippen molar-refractivity contribution in [1.82, 2.24) is 29.1 Å². The molecular weight excluding hydrogens is 1070 g/mol. The van der Waals surface area contributed by atoms with Crippen molar-refractivity contribution in [2.45, 2.75) is 0 Å². The number of hydrogen-bond donors (Lipinski definition) is 0. The topological polar surface area (TPSA) is 61.4 Å². The first-order valence-corrected chi connectivity index (χ1v) is 29.8. The molecule has 0 spiro atoms. The summed E-state index contributed by atoms with van der Waals surface area (Å²) in [5.74, 6) is 1.80. The molecule has 0 fully saturated rings. The van der Waals surface area contributed by atoms with E-state index in [1.54, 1.807) is 0 Å². The Labute approximate surface area is 510 Å². The van der Waals surface area contributed by atoms with Crippen molar-refractivity contribution in [2.24, 2.45) is 0 Å². The molecule has 88 heavy (non-hydrogen) atoms. The van der Waals surface area contributed by atoms with Crippen molar-refractivity contribution >= 4 is 33.1 Å². The Bertz CT molecular complexity index is 4830. The Hall–Kier alpha value is -11.9. The SMILES string of the molecule is c1ccc(-c2ccc(-c3ccc(-c4ccc(-c5ccccc5)cc4)c4nc(-c5ccc(-c6ccc(-c7nc8ccccc8n7-c7ccccc7)cc6)cc5)c(-c5ccc(-c6ccc(-c7nc8ccccc8n7-c7ccccc7)cc6)cc5)nc34)cc2)cc1. The molecule has 16 rings (SSSR count). The summed E-state index contributed by atoms with van der Waals surface area (Å²) in [7, 11) is 0. The maximum atomic E-state index is 5.81. The van der Waals surface area contributed by atoms with E-state index in [9.17, 15) is 0 Å². The van der Waals surface area contributed by atoms with Gasteiger partial charge in [0, 0.05) is 44.8 Å². The van der Waals surface area contributed by atoms with E-state index in [0.717, 1.165) is 145 Å². The molecule has 3 heterocycles. The van der Waals surface area contributed by atoms with E-state index in [2.05, 4.69) is 312 Å². The smallest absolute Gasteiger partial charge is 0.145 e. The second-order valence-electron chi connectivity index (χ2n) is 22.2. The summed E-state index contributed by atoms with van der Waals surface area (Å²) >= 11 is 0. The molecule has 16 aromatic rings. The van der Waals surface area contributed by atoms with Crippen LogP contribution in [0.5, 0.6) is 0 Å². The first-order valence-electron chi connectivity index (χ1n) is 29.8. The Kier molecular flexibility index (Phi) is 13.1. The molecule has 6 nitrogen and oxygen atoms in total. The van der Waals surface area contributed by atoms with Crippen molar-refractivity contribution in [2.75, 3.05) is 0 Å². The number of nitrogens with zero attached hydrogens (tertiary/aromatic N) is 6. The Morgan fingerprint density at radius 1 is 0.182 bits per heavy atom. The van der Waals surface area contributed by atoms with E-state index in [0.29, 0.717) is 0 Å². The molecule has 0 aliphatic rings. The largest absolute Gasteiger partial charge is 0.292 e. The van der Waals surface area contributed by atoms with Crippen LogP contribution in [0.2, 0.25) is 0 Å². The summed E-state index contributed by atoms with van der Waals surface area (Å²) in [6.45, 7) is 0. The van der Waals surface area contributed by atoms with Gasteiger partial charge in [-0.3, -0.25) is 9.13 Å². The molecule has 3 aromatic heterocycles. The number of rotatable bonds is 12. The van der Waals surface area contributed by atoms with Gasteiger partial charge in [-0.2, -0.15) is 0 Å². The van der Waals surface area contributed by atoms with Gasteiger partial charge in [0.05, 0.1) is 44.5 Å². The van der Waals surface area contributed by atoms with Crippen LogP contribution in [0.25, 0.3) is 157 Å². The minimum absolute atomic E-state index is 0.798. The number of benzene rings is 13. The van der Waals surface area contributed by atoms with Gasteiger partial charge in [0.2, 0.25) is 0 Å². The predicted octanol–water partition coefficient (Wildman–Crippen LogP) is 21.0. The van der Waals surface area contributed by atoms with Crippen LogP contribution in [-0.2, 0) is 0 Å². The van der Waals surface area contributed by atoms with E-state index in [1.807, 2.05) is 24.3 Å². The third-order valence-electron chi connectivity index (χ3n) is 16.8. The van der Waals surface area contributed by atoms with Crippen molar-refractivity contribution in [3.05, 3.63) is 328 Å². The molecule has 0 saturated heterocycles. The summed E-state index contributed by atoms with van der Waals surface area (Å²) in [5, 5.41) is 0. The van der Waals surface area contributed by atoms with Crippen LogP contribution in [0.4, 0.5) is 0 Å². The summed E-state index contributed by atoms with van der Waals surface area (Å²) in [4.78, 5) is 21.9. The number of hydrogen-bond acceptors (Lipinski definition) is 4. The summed E-state index contributed by atoms with van der Waals surface area (Å²) in [5.41, 5.74) is 26.7. The zero-order valence-corrected chi connectivity index (χ0v) is 47.9. The molecular formula is C82H54N6. The van der Waals surface area contributed by atoms with Crippen LogP contribution in [0, 0.1) is 0 Å². The molecule has 0 N–H and O–H groups in total. The average molecular weight is 1120 g/mol. The third-order valence-corrected chi connectivity index (χ3v) is 16.8. The number of fused-ring (bicyclic) bond motifs is 3. The van der Waals surface area contributed by atoms with Gasteiger partial charge in [0.25, 0.3) is 0 Å². The fourth-order valence-electron chi connectivity index (χ4n) is 12.3. The van der Waals surface area contributed by atoms with E-state index in [4.69, 9.17) is 19.9 Å². The van der Waals surface area contributed by atoms with Crippen molar-refractivity contribution in [3.8, 4) is 123 Å². The zero-order chi connectivity index (χ0) is 58.3. The van der Waals surface area contributed by atoms with Gasteiger partial charge in [0.1, 0.15) is 11.6 Å². The van der Waals surface area contributed by atoms with E-state index in [1.165, 1.54) is 11.1 Å². The van der Waals surface area contributed by atoms with Gasteiger partial charge < -0.3 is 0 Å². The molecule has 0 aliphatic carbocycles. The minimum atomic E-state index is 0.798. The highest BCUT2D eigenvalue weighted by atomic mass is 15.1. The van der Waals surface area contributed by atoms with Gasteiger partial charge in [-0.15, -0.1) is 0 Å². The highest BCUT2D eigenvalue weighted by molar-refractivity contribution is 6.03.